The van der Waals surface area contributed by atoms with Gasteiger partial charge in [0.25, 0.3) is 5.91 Å². The quantitative estimate of drug-likeness (QED) is 0.879. The first-order chi connectivity index (χ1) is 8.56. The molecule has 0 bridgehead atoms. The predicted molar refractivity (Wildman–Crippen MR) is 70.6 cm³/mol. The Bertz CT molecular complexity index is 576. The summed E-state index contributed by atoms with van der Waals surface area (Å²) in [6.45, 7) is 5.73. The molecule has 0 fully saturated rings. The number of anilines is 1. The molecule has 0 saturated carbocycles. The Morgan fingerprint density at radius 2 is 1.78 bits per heavy atom. The number of carbonyl (C=O) groups is 1. The molecule has 1 amide bonds. The summed E-state index contributed by atoms with van der Waals surface area (Å²) in [4.78, 5) is 20.0. The second-order valence-electron chi connectivity index (χ2n) is 4.29. The minimum Gasteiger partial charge on any atom is -0.322 e. The van der Waals surface area contributed by atoms with Crippen LogP contribution in [0.5, 0.6) is 0 Å². The van der Waals surface area contributed by atoms with Gasteiger partial charge in [-0.2, -0.15) is 0 Å². The molecule has 4 heteroatoms. The van der Waals surface area contributed by atoms with Crippen LogP contribution in [-0.4, -0.2) is 15.9 Å². The van der Waals surface area contributed by atoms with Crippen LogP contribution in [0.15, 0.2) is 30.6 Å². The number of amides is 1. The Labute approximate surface area is 106 Å². The fourth-order valence-electron chi connectivity index (χ4n) is 1.57. The van der Waals surface area contributed by atoms with Gasteiger partial charge in [-0.25, -0.2) is 9.97 Å². The van der Waals surface area contributed by atoms with Crippen molar-refractivity contribution in [1.29, 1.82) is 0 Å². The van der Waals surface area contributed by atoms with E-state index < -0.39 is 0 Å². The molecule has 1 aromatic heterocycles. The van der Waals surface area contributed by atoms with Crippen LogP contribution in [0, 0.1) is 20.8 Å². The summed E-state index contributed by atoms with van der Waals surface area (Å²) in [5, 5.41) is 2.87. The van der Waals surface area contributed by atoms with Crippen molar-refractivity contribution in [3.8, 4) is 0 Å². The summed E-state index contributed by atoms with van der Waals surface area (Å²) in [5.41, 5.74) is 3.42. The summed E-state index contributed by atoms with van der Waals surface area (Å²) < 4.78 is 0. The maximum absolute atomic E-state index is 12.0. The molecule has 0 aliphatic heterocycles. The minimum absolute atomic E-state index is 0.191. The topological polar surface area (TPSA) is 54.9 Å². The van der Waals surface area contributed by atoms with Gasteiger partial charge in [0.1, 0.15) is 5.82 Å². The number of aromatic nitrogens is 2. The third-order valence-corrected chi connectivity index (χ3v) is 2.68. The molecule has 0 aliphatic carbocycles. The summed E-state index contributed by atoms with van der Waals surface area (Å²) in [6.07, 6.45) is 3.06. The van der Waals surface area contributed by atoms with Crippen LogP contribution in [0.25, 0.3) is 0 Å². The summed E-state index contributed by atoms with van der Waals surface area (Å²) in [7, 11) is 0. The summed E-state index contributed by atoms with van der Waals surface area (Å²) in [6, 6.07) is 5.94. The number of nitrogens with one attached hydrogen (secondary N) is 1. The lowest BCUT2D eigenvalue weighted by atomic mass is 10.1. The largest absolute Gasteiger partial charge is 0.322 e. The lowest BCUT2D eigenvalue weighted by Gasteiger charge is -2.09. The number of carbonyl (C=O) groups excluding carboxylic acids is 1. The van der Waals surface area contributed by atoms with Crippen molar-refractivity contribution in [2.75, 3.05) is 5.32 Å². The van der Waals surface area contributed by atoms with E-state index in [0.717, 1.165) is 16.8 Å². The third kappa shape index (κ3) is 2.71. The van der Waals surface area contributed by atoms with E-state index in [0.29, 0.717) is 11.4 Å². The zero-order valence-electron chi connectivity index (χ0n) is 10.7. The number of rotatable bonds is 2. The van der Waals surface area contributed by atoms with Crippen LogP contribution >= 0.6 is 0 Å². The highest BCUT2D eigenvalue weighted by Gasteiger charge is 2.08. The fourth-order valence-corrected chi connectivity index (χ4v) is 1.57. The molecule has 0 atom stereocenters. The van der Waals surface area contributed by atoms with Crippen molar-refractivity contribution in [2.24, 2.45) is 0 Å². The van der Waals surface area contributed by atoms with Crippen molar-refractivity contribution in [1.82, 2.24) is 9.97 Å². The van der Waals surface area contributed by atoms with Crippen molar-refractivity contribution in [3.63, 3.8) is 0 Å². The number of hydrogen-bond donors (Lipinski definition) is 1. The van der Waals surface area contributed by atoms with Crippen LogP contribution in [0.2, 0.25) is 0 Å². The van der Waals surface area contributed by atoms with E-state index in [-0.39, 0.29) is 5.91 Å². The number of hydrogen-bond acceptors (Lipinski definition) is 3. The van der Waals surface area contributed by atoms with E-state index in [9.17, 15) is 4.79 Å². The smallest absolute Gasteiger partial charge is 0.258 e. The maximum Gasteiger partial charge on any atom is 0.258 e. The van der Waals surface area contributed by atoms with E-state index >= 15 is 0 Å². The van der Waals surface area contributed by atoms with E-state index in [1.165, 1.54) is 12.4 Å². The van der Waals surface area contributed by atoms with Gasteiger partial charge in [0.05, 0.1) is 5.56 Å². The molecule has 0 unspecified atom stereocenters. The lowest BCUT2D eigenvalue weighted by Crippen LogP contribution is -2.13. The number of benzene rings is 1. The van der Waals surface area contributed by atoms with E-state index in [1.54, 1.807) is 6.92 Å². The van der Waals surface area contributed by atoms with Gasteiger partial charge in [-0.1, -0.05) is 12.1 Å². The van der Waals surface area contributed by atoms with Crippen molar-refractivity contribution in [3.05, 3.63) is 53.1 Å². The molecule has 2 aromatic rings. The van der Waals surface area contributed by atoms with E-state index in [2.05, 4.69) is 15.3 Å². The Kier molecular flexibility index (Phi) is 3.37. The average molecular weight is 241 g/mol. The second-order valence-corrected chi connectivity index (χ2v) is 4.29. The van der Waals surface area contributed by atoms with Gasteiger partial charge >= 0.3 is 0 Å². The van der Waals surface area contributed by atoms with Crippen LogP contribution in [0.4, 0.5) is 5.69 Å². The first-order valence-electron chi connectivity index (χ1n) is 5.73. The molecular formula is C14H15N3O. The molecule has 0 radical (unpaired) electrons. The van der Waals surface area contributed by atoms with Crippen LogP contribution in [-0.2, 0) is 0 Å². The first kappa shape index (κ1) is 12.2. The van der Waals surface area contributed by atoms with Crippen molar-refractivity contribution < 1.29 is 4.79 Å². The molecule has 0 saturated heterocycles. The van der Waals surface area contributed by atoms with Gasteiger partial charge in [0, 0.05) is 18.1 Å². The Hall–Kier alpha value is -2.23. The Balaban J connectivity index is 2.21. The number of nitrogens with zero attached hydrogens (tertiary/aromatic N) is 2. The highest BCUT2D eigenvalue weighted by molar-refractivity contribution is 6.04. The van der Waals surface area contributed by atoms with Crippen molar-refractivity contribution >= 4 is 11.6 Å². The highest BCUT2D eigenvalue weighted by Crippen LogP contribution is 2.17. The van der Waals surface area contributed by atoms with E-state index in [4.69, 9.17) is 0 Å². The Morgan fingerprint density at radius 3 is 2.44 bits per heavy atom. The van der Waals surface area contributed by atoms with Gasteiger partial charge in [0.15, 0.2) is 0 Å². The maximum atomic E-state index is 12.0. The fraction of sp³-hybridized carbons (Fsp3) is 0.214. The monoisotopic (exact) mass is 241 g/mol. The normalized spacial score (nSPS) is 10.2. The molecule has 2 rings (SSSR count). The molecule has 18 heavy (non-hydrogen) atoms. The van der Waals surface area contributed by atoms with Crippen LogP contribution in [0.1, 0.15) is 27.3 Å². The number of aryl methyl sites for hydroxylation is 3. The molecule has 1 heterocycles. The predicted octanol–water partition coefficient (Wildman–Crippen LogP) is 2.65. The van der Waals surface area contributed by atoms with Crippen molar-refractivity contribution in [2.45, 2.75) is 20.8 Å². The zero-order chi connectivity index (χ0) is 13.1. The molecule has 1 aromatic carbocycles. The summed E-state index contributed by atoms with van der Waals surface area (Å²) >= 11 is 0. The standard InChI is InChI=1S/C14H15N3O/c1-9-4-5-10(2)13(6-9)17-14(18)12-7-15-11(3)16-8-12/h4-8H,1-3H3,(H,17,18). The SMILES string of the molecule is Cc1ccc(C)c(NC(=O)c2cnc(C)nc2)c1. The van der Waals surface area contributed by atoms with Crippen LogP contribution < -0.4 is 5.32 Å². The molecule has 1 N–H and O–H groups in total. The summed E-state index contributed by atoms with van der Waals surface area (Å²) in [5.74, 6) is 0.460. The molecule has 92 valence electrons. The Morgan fingerprint density at radius 1 is 1.11 bits per heavy atom. The average Bonchev–Trinajstić information content (AvgIpc) is 2.34. The van der Waals surface area contributed by atoms with Gasteiger partial charge in [0.2, 0.25) is 0 Å². The van der Waals surface area contributed by atoms with Gasteiger partial charge in [-0.15, -0.1) is 0 Å². The molecular weight excluding hydrogens is 226 g/mol. The van der Waals surface area contributed by atoms with Crippen LogP contribution in [0.3, 0.4) is 0 Å². The minimum atomic E-state index is -0.191. The van der Waals surface area contributed by atoms with Gasteiger partial charge < -0.3 is 5.32 Å². The lowest BCUT2D eigenvalue weighted by molar-refractivity contribution is 0.102. The third-order valence-electron chi connectivity index (χ3n) is 2.68. The molecule has 0 aliphatic rings. The molecule has 4 nitrogen and oxygen atoms in total. The first-order valence-corrected chi connectivity index (χ1v) is 5.73. The molecule has 0 spiro atoms. The van der Waals surface area contributed by atoms with Gasteiger partial charge in [-0.05, 0) is 38.0 Å². The zero-order valence-corrected chi connectivity index (χ0v) is 10.7. The van der Waals surface area contributed by atoms with Gasteiger partial charge in [-0.3, -0.25) is 4.79 Å². The van der Waals surface area contributed by atoms with E-state index in [1.807, 2.05) is 32.0 Å². The highest BCUT2D eigenvalue weighted by atomic mass is 16.1. The second kappa shape index (κ2) is 4.96.